The van der Waals surface area contributed by atoms with Gasteiger partial charge in [-0.15, -0.1) is 0 Å². The number of H-pyrrole nitrogens is 1. The molecule has 0 fully saturated rings. The van der Waals surface area contributed by atoms with Crippen LogP contribution in [0.15, 0.2) is 9.59 Å². The Labute approximate surface area is 106 Å². The summed E-state index contributed by atoms with van der Waals surface area (Å²) in [6.45, 7) is 9.11. The summed E-state index contributed by atoms with van der Waals surface area (Å²) >= 11 is 0. The van der Waals surface area contributed by atoms with E-state index >= 15 is 0 Å². The standard InChI is InChI=1S/C12H22N4O2/c1-7(12(2,3)4)6-14-8-9(13)16(5)11(18)15-10(8)17/h7,14H,6,13H2,1-5H3,(H,15,17,18). The predicted octanol–water partition coefficient (Wildman–Crippen LogP) is 0.750. The Kier molecular flexibility index (Phi) is 3.88. The lowest BCUT2D eigenvalue weighted by atomic mass is 9.82. The van der Waals surface area contributed by atoms with Crippen molar-refractivity contribution in [3.8, 4) is 0 Å². The van der Waals surface area contributed by atoms with Crippen LogP contribution < -0.4 is 22.3 Å². The molecule has 0 radical (unpaired) electrons. The topological polar surface area (TPSA) is 92.9 Å². The van der Waals surface area contributed by atoms with Crippen LogP contribution >= 0.6 is 0 Å². The summed E-state index contributed by atoms with van der Waals surface area (Å²) in [4.78, 5) is 25.2. The van der Waals surface area contributed by atoms with Crippen molar-refractivity contribution >= 4 is 11.5 Å². The van der Waals surface area contributed by atoms with Crippen LogP contribution in [-0.4, -0.2) is 16.1 Å². The lowest BCUT2D eigenvalue weighted by molar-refractivity contribution is 0.274. The molecule has 0 aliphatic rings. The molecule has 18 heavy (non-hydrogen) atoms. The SMILES string of the molecule is CC(CNc1c(N)n(C)c(=O)[nH]c1=O)C(C)(C)C. The molecule has 6 nitrogen and oxygen atoms in total. The molecule has 0 aromatic carbocycles. The predicted molar refractivity (Wildman–Crippen MR) is 73.8 cm³/mol. The Bertz CT molecular complexity index is 536. The van der Waals surface area contributed by atoms with Crippen molar-refractivity contribution in [3.63, 3.8) is 0 Å². The molecule has 1 atom stereocenters. The summed E-state index contributed by atoms with van der Waals surface area (Å²) < 4.78 is 1.21. The van der Waals surface area contributed by atoms with E-state index in [-0.39, 0.29) is 16.9 Å². The minimum atomic E-state index is -0.507. The second-order valence-corrected chi connectivity index (χ2v) is 5.73. The maximum absolute atomic E-state index is 11.7. The van der Waals surface area contributed by atoms with Gasteiger partial charge in [0.15, 0.2) is 0 Å². The van der Waals surface area contributed by atoms with Crippen molar-refractivity contribution in [3.05, 3.63) is 20.8 Å². The third kappa shape index (κ3) is 2.94. The van der Waals surface area contributed by atoms with E-state index in [1.165, 1.54) is 11.6 Å². The van der Waals surface area contributed by atoms with Gasteiger partial charge in [-0.1, -0.05) is 27.7 Å². The van der Waals surface area contributed by atoms with Gasteiger partial charge in [0, 0.05) is 13.6 Å². The van der Waals surface area contributed by atoms with Crippen molar-refractivity contribution < 1.29 is 0 Å². The van der Waals surface area contributed by atoms with Gasteiger partial charge >= 0.3 is 5.69 Å². The maximum atomic E-state index is 11.7. The zero-order valence-corrected chi connectivity index (χ0v) is 11.6. The van der Waals surface area contributed by atoms with Crippen LogP contribution in [0.1, 0.15) is 27.7 Å². The quantitative estimate of drug-likeness (QED) is 0.742. The van der Waals surface area contributed by atoms with E-state index in [0.717, 1.165) is 0 Å². The zero-order valence-electron chi connectivity index (χ0n) is 11.6. The van der Waals surface area contributed by atoms with Gasteiger partial charge in [0.25, 0.3) is 5.56 Å². The minimum absolute atomic E-state index is 0.134. The average molecular weight is 254 g/mol. The van der Waals surface area contributed by atoms with Gasteiger partial charge in [0.05, 0.1) is 0 Å². The van der Waals surface area contributed by atoms with Crippen molar-refractivity contribution in [1.29, 1.82) is 0 Å². The molecule has 0 saturated heterocycles. The minimum Gasteiger partial charge on any atom is -0.383 e. The van der Waals surface area contributed by atoms with Crippen molar-refractivity contribution in [2.24, 2.45) is 18.4 Å². The largest absolute Gasteiger partial charge is 0.383 e. The van der Waals surface area contributed by atoms with Crippen LogP contribution in [0.2, 0.25) is 0 Å². The molecule has 4 N–H and O–H groups in total. The third-order valence-electron chi connectivity index (χ3n) is 3.43. The zero-order chi connectivity index (χ0) is 14.1. The summed E-state index contributed by atoms with van der Waals surface area (Å²) in [7, 11) is 1.52. The molecule has 6 heteroatoms. The first-order valence-electron chi connectivity index (χ1n) is 5.97. The first-order chi connectivity index (χ1) is 8.14. The summed E-state index contributed by atoms with van der Waals surface area (Å²) in [5.41, 5.74) is 5.17. The monoisotopic (exact) mass is 254 g/mol. The number of rotatable bonds is 3. The second kappa shape index (κ2) is 4.88. The highest BCUT2D eigenvalue weighted by Crippen LogP contribution is 2.25. The van der Waals surface area contributed by atoms with Gasteiger partial charge in [-0.3, -0.25) is 14.3 Å². The third-order valence-corrected chi connectivity index (χ3v) is 3.43. The molecule has 1 heterocycles. The number of nitrogens with zero attached hydrogens (tertiary/aromatic N) is 1. The molecule has 1 aromatic rings. The van der Waals surface area contributed by atoms with Crippen LogP contribution in [-0.2, 0) is 7.05 Å². The normalized spacial score (nSPS) is 13.4. The van der Waals surface area contributed by atoms with E-state index in [4.69, 9.17) is 5.73 Å². The summed E-state index contributed by atoms with van der Waals surface area (Å²) in [6, 6.07) is 0. The van der Waals surface area contributed by atoms with Gasteiger partial charge < -0.3 is 11.1 Å². The number of nitrogens with one attached hydrogen (secondary N) is 2. The molecule has 0 amide bonds. The van der Waals surface area contributed by atoms with Crippen LogP contribution in [0.25, 0.3) is 0 Å². The lowest BCUT2D eigenvalue weighted by Gasteiger charge is -2.27. The Morgan fingerprint density at radius 2 is 1.94 bits per heavy atom. The van der Waals surface area contributed by atoms with E-state index < -0.39 is 11.2 Å². The van der Waals surface area contributed by atoms with E-state index in [0.29, 0.717) is 12.5 Å². The number of aromatic nitrogens is 2. The molecule has 102 valence electrons. The smallest absolute Gasteiger partial charge is 0.329 e. The van der Waals surface area contributed by atoms with E-state index in [9.17, 15) is 9.59 Å². The molecular formula is C12H22N4O2. The van der Waals surface area contributed by atoms with E-state index in [1.807, 2.05) is 0 Å². The molecule has 0 aliphatic carbocycles. The Morgan fingerprint density at radius 1 is 1.39 bits per heavy atom. The first-order valence-corrected chi connectivity index (χ1v) is 5.97. The average Bonchev–Trinajstić information content (AvgIpc) is 2.24. The molecule has 0 spiro atoms. The fourth-order valence-electron chi connectivity index (χ4n) is 1.37. The van der Waals surface area contributed by atoms with E-state index in [2.05, 4.69) is 38.0 Å². The fourth-order valence-corrected chi connectivity index (χ4v) is 1.37. The number of aromatic amines is 1. The molecule has 1 unspecified atom stereocenters. The van der Waals surface area contributed by atoms with Gasteiger partial charge in [0.1, 0.15) is 11.5 Å². The maximum Gasteiger partial charge on any atom is 0.329 e. The van der Waals surface area contributed by atoms with E-state index in [1.54, 1.807) is 0 Å². The summed E-state index contributed by atoms with van der Waals surface area (Å²) in [6.07, 6.45) is 0. The highest BCUT2D eigenvalue weighted by atomic mass is 16.2. The molecule has 0 bridgehead atoms. The molecular weight excluding hydrogens is 232 g/mol. The molecule has 0 aliphatic heterocycles. The van der Waals surface area contributed by atoms with Crippen LogP contribution in [0, 0.1) is 11.3 Å². The van der Waals surface area contributed by atoms with Gasteiger partial charge in [-0.2, -0.15) is 0 Å². The molecule has 1 aromatic heterocycles. The number of hydrogen-bond acceptors (Lipinski definition) is 4. The highest BCUT2D eigenvalue weighted by molar-refractivity contribution is 5.60. The number of anilines is 2. The molecule has 0 saturated carbocycles. The van der Waals surface area contributed by atoms with Crippen LogP contribution in [0.5, 0.6) is 0 Å². The van der Waals surface area contributed by atoms with Gasteiger partial charge in [-0.25, -0.2) is 4.79 Å². The number of nitrogens with two attached hydrogens (primary N) is 1. The van der Waals surface area contributed by atoms with Gasteiger partial charge in [0.2, 0.25) is 0 Å². The molecule has 1 rings (SSSR count). The number of hydrogen-bond donors (Lipinski definition) is 3. The fraction of sp³-hybridized carbons (Fsp3) is 0.667. The second-order valence-electron chi connectivity index (χ2n) is 5.73. The van der Waals surface area contributed by atoms with Crippen molar-refractivity contribution in [1.82, 2.24) is 9.55 Å². The van der Waals surface area contributed by atoms with Gasteiger partial charge in [-0.05, 0) is 11.3 Å². The number of nitrogen functional groups attached to an aromatic ring is 1. The first kappa shape index (κ1) is 14.3. The lowest BCUT2D eigenvalue weighted by Crippen LogP contribution is -2.34. The Balaban J connectivity index is 2.97. The highest BCUT2D eigenvalue weighted by Gasteiger charge is 2.20. The Hall–Kier alpha value is -1.72. The van der Waals surface area contributed by atoms with Crippen molar-refractivity contribution in [2.75, 3.05) is 17.6 Å². The van der Waals surface area contributed by atoms with Crippen molar-refractivity contribution in [2.45, 2.75) is 27.7 Å². The van der Waals surface area contributed by atoms with Crippen LogP contribution in [0.4, 0.5) is 11.5 Å². The summed E-state index contributed by atoms with van der Waals surface area (Å²) in [5, 5.41) is 3.03. The van der Waals surface area contributed by atoms with Crippen LogP contribution in [0.3, 0.4) is 0 Å². The summed E-state index contributed by atoms with van der Waals surface area (Å²) in [5.74, 6) is 0.512. The Morgan fingerprint density at radius 3 is 2.44 bits per heavy atom.